The van der Waals surface area contributed by atoms with Crippen molar-refractivity contribution >= 4 is 77.4 Å². The Bertz CT molecular complexity index is 2560. The van der Waals surface area contributed by atoms with E-state index in [-0.39, 0.29) is 16.7 Å². The summed E-state index contributed by atoms with van der Waals surface area (Å²) in [6, 6.07) is 27.6. The van der Waals surface area contributed by atoms with E-state index in [1.165, 1.54) is 27.6 Å². The van der Waals surface area contributed by atoms with Gasteiger partial charge in [0, 0.05) is 58.6 Å². The highest BCUT2D eigenvalue weighted by Crippen LogP contribution is 2.34. The quantitative estimate of drug-likeness (QED) is 0.120. The van der Waals surface area contributed by atoms with Gasteiger partial charge in [0.1, 0.15) is 0 Å². The molecule has 0 aliphatic rings. The molecule has 12 nitrogen and oxygen atoms in total. The maximum absolute atomic E-state index is 13.3. The predicted molar refractivity (Wildman–Crippen MR) is 206 cm³/mol. The van der Waals surface area contributed by atoms with Crippen molar-refractivity contribution in [2.24, 2.45) is 0 Å². The number of amides is 2. The Kier molecular flexibility index (Phi) is 9.59. The number of hydrogen-bond donors (Lipinski definition) is 3. The van der Waals surface area contributed by atoms with Crippen LogP contribution in [0.1, 0.15) is 10.4 Å². The number of likely N-dealkylation sites (N-methyl/N-ethyl adjacent to an activating group) is 1. The molecule has 0 unspecified atom stereocenters. The topological polar surface area (TPSA) is 151 Å². The lowest BCUT2D eigenvalue weighted by Gasteiger charge is -2.11. The summed E-state index contributed by atoms with van der Waals surface area (Å²) in [5.41, 5.74) is 4.60. The molecule has 0 aliphatic carbocycles. The first-order valence-corrected chi connectivity index (χ1v) is 18.4. The Hall–Kier alpha value is -6.22. The molecule has 7 aromatic rings. The van der Waals surface area contributed by atoms with E-state index in [1.54, 1.807) is 91.1 Å². The normalized spacial score (nSPS) is 11.8. The van der Waals surface area contributed by atoms with Crippen molar-refractivity contribution in [3.8, 4) is 11.3 Å². The van der Waals surface area contributed by atoms with Crippen LogP contribution < -0.4 is 16.0 Å². The average molecular weight is 729 g/mol. The number of pyridine rings is 1. The zero-order valence-corrected chi connectivity index (χ0v) is 29.7. The maximum Gasteiger partial charge on any atom is 0.269 e. The van der Waals surface area contributed by atoms with Gasteiger partial charge >= 0.3 is 0 Å². The first-order valence-electron chi connectivity index (χ1n) is 16.1. The van der Waals surface area contributed by atoms with Crippen LogP contribution in [0, 0.1) is 0 Å². The number of carbonyl (C=O) groups excluding carboxylic acids is 2. The van der Waals surface area contributed by atoms with Crippen LogP contribution in [-0.4, -0.2) is 64.7 Å². The number of hydrogen-bond acceptors (Lipinski definition) is 10. The third kappa shape index (κ3) is 7.44. The second kappa shape index (κ2) is 14.6. The zero-order chi connectivity index (χ0) is 36.2. The number of thiophene rings is 1. The van der Waals surface area contributed by atoms with Gasteiger partial charge in [-0.05, 0) is 92.3 Å². The smallest absolute Gasteiger partial charge is 0.269 e. The number of nitrogens with one attached hydrogen (secondary N) is 3. The first-order chi connectivity index (χ1) is 25.1. The van der Waals surface area contributed by atoms with E-state index >= 15 is 0 Å². The van der Waals surface area contributed by atoms with Gasteiger partial charge in [0.2, 0.25) is 11.9 Å². The summed E-state index contributed by atoms with van der Waals surface area (Å²) in [5.74, 6) is -0.225. The molecule has 4 heterocycles. The van der Waals surface area contributed by atoms with Crippen LogP contribution in [0.25, 0.3) is 32.5 Å². The molecule has 0 saturated carbocycles. The molecule has 4 aromatic heterocycles. The maximum atomic E-state index is 13.3. The summed E-state index contributed by atoms with van der Waals surface area (Å²) in [7, 11) is 0.00948. The zero-order valence-electron chi connectivity index (χ0n) is 28.0. The van der Waals surface area contributed by atoms with Gasteiger partial charge in [-0.2, -0.15) is 0 Å². The van der Waals surface area contributed by atoms with Crippen molar-refractivity contribution in [3.05, 3.63) is 133 Å². The molecule has 3 aromatic carbocycles. The molecule has 0 atom stereocenters. The van der Waals surface area contributed by atoms with E-state index < -0.39 is 10.0 Å². The van der Waals surface area contributed by atoms with E-state index in [4.69, 9.17) is 9.97 Å². The third-order valence-electron chi connectivity index (χ3n) is 7.90. The lowest BCUT2D eigenvalue weighted by molar-refractivity contribution is -0.111. The second-order valence-electron chi connectivity index (χ2n) is 12.0. The van der Waals surface area contributed by atoms with Gasteiger partial charge in [0.15, 0.2) is 5.65 Å². The Labute approximate surface area is 303 Å². The van der Waals surface area contributed by atoms with Crippen LogP contribution in [0.4, 0.5) is 23.0 Å². The minimum absolute atomic E-state index is 0.175. The molecular weight excluding hydrogens is 697 g/mol. The summed E-state index contributed by atoms with van der Waals surface area (Å²) in [6.45, 7) is 0.651. The van der Waals surface area contributed by atoms with Crippen molar-refractivity contribution in [1.29, 1.82) is 0 Å². The van der Waals surface area contributed by atoms with Crippen molar-refractivity contribution in [2.45, 2.75) is 4.90 Å². The fraction of sp³-hybridized carbons (Fsp3) is 0.0789. The highest BCUT2D eigenvalue weighted by molar-refractivity contribution is 7.90. The van der Waals surface area contributed by atoms with E-state index in [1.807, 2.05) is 42.6 Å². The van der Waals surface area contributed by atoms with E-state index in [0.29, 0.717) is 57.4 Å². The summed E-state index contributed by atoms with van der Waals surface area (Å²) < 4.78 is 28.7. The molecule has 0 spiro atoms. The van der Waals surface area contributed by atoms with Gasteiger partial charge < -0.3 is 20.9 Å². The molecule has 14 heteroatoms. The molecule has 2 amide bonds. The van der Waals surface area contributed by atoms with Gasteiger partial charge in [-0.3, -0.25) is 9.59 Å². The molecule has 260 valence electrons. The fourth-order valence-electron chi connectivity index (χ4n) is 5.41. The number of fused-ring (bicyclic) bond motifs is 2. The van der Waals surface area contributed by atoms with Gasteiger partial charge in [0.05, 0.1) is 20.8 Å². The summed E-state index contributed by atoms with van der Waals surface area (Å²) in [4.78, 5) is 41.4. The number of aromatic nitrogens is 4. The molecule has 52 heavy (non-hydrogen) atoms. The minimum Gasteiger partial charge on any atom is -0.324 e. The molecule has 7 rings (SSSR count). The lowest BCUT2D eigenvalue weighted by Crippen LogP contribution is -2.13. The van der Waals surface area contributed by atoms with Crippen LogP contribution in [0.3, 0.4) is 0 Å². The summed E-state index contributed by atoms with van der Waals surface area (Å²) >= 11 is 1.50. The molecule has 0 bridgehead atoms. The summed E-state index contributed by atoms with van der Waals surface area (Å²) in [5, 5.41) is 11.5. The van der Waals surface area contributed by atoms with Gasteiger partial charge in [-0.1, -0.05) is 30.3 Å². The van der Waals surface area contributed by atoms with Crippen molar-refractivity contribution in [2.75, 3.05) is 36.6 Å². The van der Waals surface area contributed by atoms with E-state index in [2.05, 4.69) is 20.9 Å². The fourth-order valence-corrected chi connectivity index (χ4v) is 7.58. The number of nitrogens with zero attached hydrogens (tertiary/aromatic N) is 5. The van der Waals surface area contributed by atoms with Crippen molar-refractivity contribution < 1.29 is 18.0 Å². The monoisotopic (exact) mass is 728 g/mol. The molecule has 0 fully saturated rings. The second-order valence-corrected chi connectivity index (χ2v) is 14.7. The van der Waals surface area contributed by atoms with E-state index in [9.17, 15) is 18.0 Å². The minimum atomic E-state index is -3.83. The van der Waals surface area contributed by atoms with Gasteiger partial charge in [-0.15, -0.1) is 11.3 Å². The van der Waals surface area contributed by atoms with Crippen molar-refractivity contribution in [3.63, 3.8) is 0 Å². The van der Waals surface area contributed by atoms with Crippen LogP contribution >= 0.6 is 11.3 Å². The van der Waals surface area contributed by atoms with Crippen LogP contribution in [0.5, 0.6) is 0 Å². The number of anilines is 4. The largest absolute Gasteiger partial charge is 0.324 e. The molecular formula is C38H32N8O4S2. The molecule has 0 radical (unpaired) electrons. The number of carbonyl (C=O) groups is 2. The van der Waals surface area contributed by atoms with Gasteiger partial charge in [-0.25, -0.2) is 27.3 Å². The molecule has 3 N–H and O–H groups in total. The number of rotatable bonds is 11. The third-order valence-corrected chi connectivity index (χ3v) is 10.5. The Morgan fingerprint density at radius 2 is 1.65 bits per heavy atom. The predicted octanol–water partition coefficient (Wildman–Crippen LogP) is 7.00. The van der Waals surface area contributed by atoms with Gasteiger partial charge in [0.25, 0.3) is 15.9 Å². The Morgan fingerprint density at radius 3 is 2.44 bits per heavy atom. The molecule has 0 saturated heterocycles. The standard InChI is InChI=1S/C38H32N8O4S2/c1-45(2)19-7-12-33(47)40-28-15-13-25(14-16-28)37(48)41-29-8-6-9-30(23-29)42-38-43-32-18-21-51-35(32)34(44-38)27-22-26-17-20-46(36(26)39-24-27)52(49,50)31-10-4-3-5-11-31/h3-18,20-24H,19H2,1-2H3,(H,40,47)(H,41,48)(H,42,43,44)/b12-7+. The lowest BCUT2D eigenvalue weighted by atomic mass is 10.1. The van der Waals surface area contributed by atoms with Crippen LogP contribution in [-0.2, 0) is 14.8 Å². The SMILES string of the molecule is CN(C)C/C=C/C(=O)Nc1ccc(C(=O)Nc2cccc(Nc3nc(-c4cnc5c(ccn5S(=O)(=O)c5ccccc5)c4)c4sccc4n3)c2)cc1. The first kappa shape index (κ1) is 34.2. The average Bonchev–Trinajstić information content (AvgIpc) is 3.79. The van der Waals surface area contributed by atoms with Crippen LogP contribution in [0.2, 0.25) is 0 Å². The highest BCUT2D eigenvalue weighted by Gasteiger charge is 2.20. The molecule has 0 aliphatic heterocycles. The van der Waals surface area contributed by atoms with E-state index in [0.717, 1.165) is 10.2 Å². The Balaban J connectivity index is 1.08. The Morgan fingerprint density at radius 1 is 0.865 bits per heavy atom. The van der Waals surface area contributed by atoms with Crippen molar-refractivity contribution in [1.82, 2.24) is 23.8 Å². The van der Waals surface area contributed by atoms with Crippen LogP contribution in [0.15, 0.2) is 132 Å². The summed E-state index contributed by atoms with van der Waals surface area (Å²) in [6.07, 6.45) is 6.37. The number of benzene rings is 3. The highest BCUT2D eigenvalue weighted by atomic mass is 32.2.